The fraction of sp³-hybridized carbons (Fsp3) is 0.440. The monoisotopic (exact) mass is 399 g/mol. The van der Waals surface area contributed by atoms with E-state index in [0.717, 1.165) is 19.6 Å². The van der Waals surface area contributed by atoms with Crippen LogP contribution in [0.2, 0.25) is 0 Å². The minimum Gasteiger partial charge on any atom is -0.391 e. The van der Waals surface area contributed by atoms with Crippen molar-refractivity contribution in [2.75, 3.05) is 19.6 Å². The van der Waals surface area contributed by atoms with Crippen LogP contribution in [-0.2, 0) is 6.42 Å². The van der Waals surface area contributed by atoms with Gasteiger partial charge >= 0.3 is 0 Å². The first-order valence-corrected chi connectivity index (χ1v) is 10.5. The fourth-order valence-electron chi connectivity index (χ4n) is 3.97. The third kappa shape index (κ3) is 5.70. The standard InChI is InChI=1S/C25H33NO.ClH/c1-3-5-15-26(16-6-4-2)19-22(27)18-21-17-20-11-7-8-12-23(20)25-14-10-9-13-24(21)25;/h7-14,17,22,27H,3-6,15-16,18-19H2,1-2H3;1H. The highest BCUT2D eigenvalue weighted by Crippen LogP contribution is 2.29. The van der Waals surface area contributed by atoms with Crippen LogP contribution < -0.4 is 0 Å². The Morgan fingerprint density at radius 3 is 2.04 bits per heavy atom. The first kappa shape index (κ1) is 22.7. The van der Waals surface area contributed by atoms with Crippen molar-refractivity contribution in [3.8, 4) is 0 Å². The van der Waals surface area contributed by atoms with Crippen molar-refractivity contribution in [2.24, 2.45) is 0 Å². The Kier molecular flexibility index (Phi) is 9.24. The number of aliphatic hydroxyl groups is 1. The second-order valence-corrected chi connectivity index (χ2v) is 7.67. The molecule has 2 nitrogen and oxygen atoms in total. The molecular weight excluding hydrogens is 366 g/mol. The predicted octanol–water partition coefficient (Wildman–Crippen LogP) is 6.22. The van der Waals surface area contributed by atoms with Crippen LogP contribution in [0.3, 0.4) is 0 Å². The van der Waals surface area contributed by atoms with Crippen LogP contribution in [0.25, 0.3) is 21.5 Å². The van der Waals surface area contributed by atoms with E-state index in [1.165, 1.54) is 52.8 Å². The molecule has 0 aliphatic heterocycles. The van der Waals surface area contributed by atoms with E-state index >= 15 is 0 Å². The SMILES string of the molecule is CCCCN(CCCC)CC(O)Cc1cc2ccccc2c2ccccc12.Cl. The fourth-order valence-corrected chi connectivity index (χ4v) is 3.97. The summed E-state index contributed by atoms with van der Waals surface area (Å²) in [5.74, 6) is 0. The zero-order valence-electron chi connectivity index (χ0n) is 17.2. The van der Waals surface area contributed by atoms with Gasteiger partial charge in [-0.1, -0.05) is 81.3 Å². The van der Waals surface area contributed by atoms with E-state index in [4.69, 9.17) is 0 Å². The lowest BCUT2D eigenvalue weighted by atomic mass is 9.94. The lowest BCUT2D eigenvalue weighted by Gasteiger charge is -2.25. The molecule has 28 heavy (non-hydrogen) atoms. The molecule has 3 aromatic rings. The maximum absolute atomic E-state index is 10.9. The van der Waals surface area contributed by atoms with E-state index in [2.05, 4.69) is 73.3 Å². The number of hydrogen-bond donors (Lipinski definition) is 1. The van der Waals surface area contributed by atoms with Crippen LogP contribution in [0, 0.1) is 0 Å². The predicted molar refractivity (Wildman–Crippen MR) is 125 cm³/mol. The summed E-state index contributed by atoms with van der Waals surface area (Å²) in [7, 11) is 0. The third-order valence-corrected chi connectivity index (χ3v) is 5.43. The number of benzene rings is 3. The van der Waals surface area contributed by atoms with E-state index in [0.29, 0.717) is 6.42 Å². The van der Waals surface area contributed by atoms with Crippen molar-refractivity contribution in [1.82, 2.24) is 4.90 Å². The molecule has 0 radical (unpaired) electrons. The van der Waals surface area contributed by atoms with Gasteiger partial charge in [0.25, 0.3) is 0 Å². The molecule has 0 bridgehead atoms. The number of unbranched alkanes of at least 4 members (excludes halogenated alkanes) is 2. The number of aliphatic hydroxyl groups excluding tert-OH is 1. The molecule has 152 valence electrons. The lowest BCUT2D eigenvalue weighted by molar-refractivity contribution is 0.111. The zero-order valence-corrected chi connectivity index (χ0v) is 18.0. The van der Waals surface area contributed by atoms with Crippen LogP contribution in [0.5, 0.6) is 0 Å². The molecular formula is C25H34ClNO. The lowest BCUT2D eigenvalue weighted by Crippen LogP contribution is -2.35. The maximum Gasteiger partial charge on any atom is 0.0707 e. The Balaban J connectivity index is 0.00000280. The second-order valence-electron chi connectivity index (χ2n) is 7.67. The quantitative estimate of drug-likeness (QED) is 0.409. The molecule has 0 fully saturated rings. The molecule has 0 aliphatic rings. The van der Waals surface area contributed by atoms with Gasteiger partial charge in [-0.2, -0.15) is 0 Å². The largest absolute Gasteiger partial charge is 0.391 e. The molecule has 0 heterocycles. The van der Waals surface area contributed by atoms with Crippen molar-refractivity contribution in [3.05, 3.63) is 60.2 Å². The summed E-state index contributed by atoms with van der Waals surface area (Å²) in [4.78, 5) is 2.45. The minimum absolute atomic E-state index is 0. The maximum atomic E-state index is 10.9. The van der Waals surface area contributed by atoms with Crippen LogP contribution >= 0.6 is 12.4 Å². The molecule has 1 unspecified atom stereocenters. The first-order chi connectivity index (χ1) is 13.2. The van der Waals surface area contributed by atoms with E-state index in [-0.39, 0.29) is 18.5 Å². The van der Waals surface area contributed by atoms with E-state index in [9.17, 15) is 5.11 Å². The summed E-state index contributed by atoms with van der Waals surface area (Å²) in [6, 6.07) is 19.4. The first-order valence-electron chi connectivity index (χ1n) is 10.5. The van der Waals surface area contributed by atoms with Gasteiger partial charge < -0.3 is 10.0 Å². The highest BCUT2D eigenvalue weighted by Gasteiger charge is 2.14. The molecule has 0 saturated heterocycles. The van der Waals surface area contributed by atoms with Crippen molar-refractivity contribution in [1.29, 1.82) is 0 Å². The Bertz CT molecular complexity index is 855. The Hall–Kier alpha value is -1.61. The van der Waals surface area contributed by atoms with Gasteiger partial charge in [0.05, 0.1) is 6.10 Å². The molecule has 0 amide bonds. The van der Waals surface area contributed by atoms with Gasteiger partial charge in [-0.15, -0.1) is 12.4 Å². The molecule has 3 aromatic carbocycles. The molecule has 1 atom stereocenters. The molecule has 1 N–H and O–H groups in total. The molecule has 0 spiro atoms. The molecule has 0 saturated carbocycles. The molecule has 3 rings (SSSR count). The molecule has 3 heteroatoms. The summed E-state index contributed by atoms with van der Waals surface area (Å²) in [6.45, 7) is 7.41. The van der Waals surface area contributed by atoms with Gasteiger partial charge in [0.2, 0.25) is 0 Å². The highest BCUT2D eigenvalue weighted by atomic mass is 35.5. The Morgan fingerprint density at radius 2 is 1.39 bits per heavy atom. The Morgan fingerprint density at radius 1 is 0.821 bits per heavy atom. The van der Waals surface area contributed by atoms with E-state index in [1.807, 2.05) is 0 Å². The van der Waals surface area contributed by atoms with Crippen molar-refractivity contribution in [3.63, 3.8) is 0 Å². The van der Waals surface area contributed by atoms with Gasteiger partial charge in [-0.05, 0) is 53.0 Å². The van der Waals surface area contributed by atoms with Crippen molar-refractivity contribution >= 4 is 34.0 Å². The van der Waals surface area contributed by atoms with Gasteiger partial charge in [-0.25, -0.2) is 0 Å². The van der Waals surface area contributed by atoms with E-state index < -0.39 is 0 Å². The average molecular weight is 400 g/mol. The smallest absolute Gasteiger partial charge is 0.0707 e. The van der Waals surface area contributed by atoms with Crippen LogP contribution in [0.4, 0.5) is 0 Å². The van der Waals surface area contributed by atoms with Crippen molar-refractivity contribution < 1.29 is 5.11 Å². The summed E-state index contributed by atoms with van der Waals surface area (Å²) < 4.78 is 0. The van der Waals surface area contributed by atoms with E-state index in [1.54, 1.807) is 0 Å². The summed E-state index contributed by atoms with van der Waals surface area (Å²) in [5, 5.41) is 16.0. The number of nitrogens with zero attached hydrogens (tertiary/aromatic N) is 1. The van der Waals surface area contributed by atoms with Gasteiger partial charge in [0, 0.05) is 13.0 Å². The van der Waals surface area contributed by atoms with Crippen LogP contribution in [0.1, 0.15) is 45.1 Å². The van der Waals surface area contributed by atoms with Crippen LogP contribution in [-0.4, -0.2) is 35.7 Å². The summed E-state index contributed by atoms with van der Waals surface area (Å²) >= 11 is 0. The van der Waals surface area contributed by atoms with Crippen LogP contribution in [0.15, 0.2) is 54.6 Å². The average Bonchev–Trinajstić information content (AvgIpc) is 2.70. The normalized spacial score (nSPS) is 12.4. The molecule has 0 aromatic heterocycles. The number of rotatable bonds is 10. The Labute approximate surface area is 176 Å². The van der Waals surface area contributed by atoms with Gasteiger partial charge in [0.15, 0.2) is 0 Å². The molecule has 0 aliphatic carbocycles. The second kappa shape index (κ2) is 11.4. The number of hydrogen-bond acceptors (Lipinski definition) is 2. The number of halogens is 1. The number of fused-ring (bicyclic) bond motifs is 3. The third-order valence-electron chi connectivity index (χ3n) is 5.43. The topological polar surface area (TPSA) is 23.5 Å². The minimum atomic E-state index is -0.330. The zero-order chi connectivity index (χ0) is 19.1. The van der Waals surface area contributed by atoms with Gasteiger partial charge in [-0.3, -0.25) is 0 Å². The van der Waals surface area contributed by atoms with Crippen molar-refractivity contribution in [2.45, 2.75) is 52.1 Å². The highest BCUT2D eigenvalue weighted by molar-refractivity contribution is 6.08. The summed E-state index contributed by atoms with van der Waals surface area (Å²) in [6.07, 6.45) is 5.19. The van der Waals surface area contributed by atoms with Gasteiger partial charge in [0.1, 0.15) is 0 Å². The summed E-state index contributed by atoms with van der Waals surface area (Å²) in [5.41, 5.74) is 1.25.